The summed E-state index contributed by atoms with van der Waals surface area (Å²) in [5, 5.41) is 11.0. The van der Waals surface area contributed by atoms with Crippen LogP contribution >= 0.6 is 0 Å². The largest absolute Gasteiger partial charge is 0.326 e. The molecule has 0 radical (unpaired) electrons. The zero-order chi connectivity index (χ0) is 12.5. The Morgan fingerprint density at radius 2 is 2.00 bits per heavy atom. The summed E-state index contributed by atoms with van der Waals surface area (Å²) in [7, 11) is 0. The molecule has 1 aromatic rings. The van der Waals surface area contributed by atoms with E-state index >= 15 is 0 Å². The number of carbonyl (C=O) groups is 2. The van der Waals surface area contributed by atoms with E-state index in [-0.39, 0.29) is 6.54 Å². The lowest BCUT2D eigenvalue weighted by atomic mass is 9.91. The SMILES string of the molecule is CC1(c2ccccc2)C(=O)NC(=O)N1CC#N. The number of nitrogens with zero attached hydrogens (tertiary/aromatic N) is 2. The topological polar surface area (TPSA) is 73.2 Å². The van der Waals surface area contributed by atoms with Crippen molar-refractivity contribution in [3.63, 3.8) is 0 Å². The van der Waals surface area contributed by atoms with Crippen LogP contribution in [0.1, 0.15) is 12.5 Å². The number of amides is 3. The molecule has 0 bridgehead atoms. The summed E-state index contributed by atoms with van der Waals surface area (Å²) in [6.45, 7) is 1.52. The number of rotatable bonds is 2. The van der Waals surface area contributed by atoms with Crippen molar-refractivity contribution in [3.05, 3.63) is 35.9 Å². The molecular weight excluding hydrogens is 218 g/mol. The summed E-state index contributed by atoms with van der Waals surface area (Å²) >= 11 is 0. The van der Waals surface area contributed by atoms with E-state index in [1.165, 1.54) is 4.90 Å². The molecule has 1 aromatic carbocycles. The van der Waals surface area contributed by atoms with Gasteiger partial charge in [-0.05, 0) is 12.5 Å². The van der Waals surface area contributed by atoms with Gasteiger partial charge in [0, 0.05) is 0 Å². The smallest absolute Gasteiger partial charge is 0.293 e. The summed E-state index contributed by atoms with van der Waals surface area (Å²) < 4.78 is 0. The van der Waals surface area contributed by atoms with Gasteiger partial charge in [0.1, 0.15) is 12.1 Å². The van der Waals surface area contributed by atoms with Gasteiger partial charge in [-0.3, -0.25) is 15.0 Å². The lowest BCUT2D eigenvalue weighted by Gasteiger charge is -2.30. The highest BCUT2D eigenvalue weighted by molar-refractivity contribution is 6.07. The van der Waals surface area contributed by atoms with Gasteiger partial charge in [-0.2, -0.15) is 5.26 Å². The molecule has 3 amide bonds. The second-order valence-corrected chi connectivity index (χ2v) is 3.94. The molecule has 1 unspecified atom stereocenters. The minimum atomic E-state index is -1.10. The molecule has 0 aliphatic carbocycles. The molecule has 0 saturated carbocycles. The van der Waals surface area contributed by atoms with Crippen molar-refractivity contribution >= 4 is 11.9 Å². The minimum Gasteiger partial charge on any atom is -0.293 e. The van der Waals surface area contributed by atoms with Crippen LogP contribution in [0.4, 0.5) is 4.79 Å². The normalized spacial score (nSPS) is 23.4. The van der Waals surface area contributed by atoms with E-state index in [2.05, 4.69) is 5.32 Å². The van der Waals surface area contributed by atoms with Crippen molar-refractivity contribution in [1.82, 2.24) is 10.2 Å². The monoisotopic (exact) mass is 229 g/mol. The zero-order valence-electron chi connectivity index (χ0n) is 9.30. The van der Waals surface area contributed by atoms with Crippen molar-refractivity contribution in [1.29, 1.82) is 5.26 Å². The molecule has 86 valence electrons. The molecule has 5 heteroatoms. The van der Waals surface area contributed by atoms with Gasteiger partial charge in [0.25, 0.3) is 5.91 Å². The van der Waals surface area contributed by atoms with E-state index in [0.29, 0.717) is 5.56 Å². The average Bonchev–Trinajstić information content (AvgIpc) is 2.55. The molecule has 1 aliphatic heterocycles. The molecule has 1 heterocycles. The van der Waals surface area contributed by atoms with Crippen LogP contribution in [0.2, 0.25) is 0 Å². The molecule has 1 fully saturated rings. The van der Waals surface area contributed by atoms with E-state index in [0.717, 1.165) is 0 Å². The fourth-order valence-corrected chi connectivity index (χ4v) is 1.96. The number of carbonyl (C=O) groups excluding carboxylic acids is 2. The van der Waals surface area contributed by atoms with Gasteiger partial charge in [0.2, 0.25) is 0 Å². The van der Waals surface area contributed by atoms with Crippen LogP contribution in [0, 0.1) is 11.3 Å². The van der Waals surface area contributed by atoms with Gasteiger partial charge in [0.15, 0.2) is 0 Å². The molecular formula is C12H11N3O2. The third kappa shape index (κ3) is 1.54. The summed E-state index contributed by atoms with van der Waals surface area (Å²) in [5.74, 6) is -0.399. The minimum absolute atomic E-state index is 0.122. The Balaban J connectivity index is 2.50. The Kier molecular flexibility index (Phi) is 2.56. The van der Waals surface area contributed by atoms with Gasteiger partial charge in [-0.1, -0.05) is 30.3 Å². The third-order valence-corrected chi connectivity index (χ3v) is 3.01. The average molecular weight is 229 g/mol. The number of hydrogen-bond acceptors (Lipinski definition) is 3. The predicted molar refractivity (Wildman–Crippen MR) is 59.7 cm³/mol. The van der Waals surface area contributed by atoms with Gasteiger partial charge >= 0.3 is 6.03 Å². The molecule has 1 N–H and O–H groups in total. The highest BCUT2D eigenvalue weighted by atomic mass is 16.2. The summed E-state index contributed by atoms with van der Waals surface area (Å²) in [6, 6.07) is 10.3. The first kappa shape index (κ1) is 11.1. The maximum absolute atomic E-state index is 11.9. The van der Waals surface area contributed by atoms with E-state index in [4.69, 9.17) is 5.26 Å². The second kappa shape index (κ2) is 3.91. The van der Waals surface area contributed by atoms with Crippen molar-refractivity contribution < 1.29 is 9.59 Å². The summed E-state index contributed by atoms with van der Waals surface area (Å²) in [5.41, 5.74) is -0.410. The van der Waals surface area contributed by atoms with E-state index in [1.54, 1.807) is 31.2 Å². The molecule has 5 nitrogen and oxygen atoms in total. The van der Waals surface area contributed by atoms with Crippen LogP contribution in [0.25, 0.3) is 0 Å². The van der Waals surface area contributed by atoms with Gasteiger partial charge < -0.3 is 0 Å². The summed E-state index contributed by atoms with van der Waals surface area (Å²) in [6.07, 6.45) is 0. The molecule has 1 aliphatic rings. The first-order valence-corrected chi connectivity index (χ1v) is 5.16. The van der Waals surface area contributed by atoms with Gasteiger partial charge in [-0.25, -0.2) is 4.79 Å². The number of imide groups is 1. The Morgan fingerprint density at radius 1 is 1.35 bits per heavy atom. The molecule has 1 atom stereocenters. The Bertz CT molecular complexity index is 506. The highest BCUT2D eigenvalue weighted by Gasteiger charge is 2.50. The fourth-order valence-electron chi connectivity index (χ4n) is 1.96. The van der Waals surface area contributed by atoms with Crippen LogP contribution in [0.5, 0.6) is 0 Å². The lowest BCUT2D eigenvalue weighted by Crippen LogP contribution is -2.44. The summed E-state index contributed by atoms with van der Waals surface area (Å²) in [4.78, 5) is 24.8. The molecule has 0 spiro atoms. The standard InChI is InChI=1S/C12H11N3O2/c1-12(9-5-3-2-4-6-9)10(16)14-11(17)15(12)8-7-13/h2-6H,8H2,1H3,(H,14,16,17). The first-order valence-electron chi connectivity index (χ1n) is 5.16. The van der Waals surface area contributed by atoms with E-state index < -0.39 is 17.5 Å². The van der Waals surface area contributed by atoms with E-state index in [9.17, 15) is 9.59 Å². The predicted octanol–water partition coefficient (Wildman–Crippen LogP) is 0.977. The van der Waals surface area contributed by atoms with Crippen LogP contribution in [-0.4, -0.2) is 23.4 Å². The van der Waals surface area contributed by atoms with Crippen LogP contribution in [0.15, 0.2) is 30.3 Å². The molecule has 0 aromatic heterocycles. The highest BCUT2D eigenvalue weighted by Crippen LogP contribution is 2.32. The Labute approximate surface area is 98.6 Å². The van der Waals surface area contributed by atoms with Gasteiger partial charge in [-0.15, -0.1) is 0 Å². The number of nitriles is 1. The molecule has 1 saturated heterocycles. The number of nitrogens with one attached hydrogen (secondary N) is 1. The van der Waals surface area contributed by atoms with Crippen molar-refractivity contribution in [2.75, 3.05) is 6.54 Å². The van der Waals surface area contributed by atoms with Crippen molar-refractivity contribution in [3.8, 4) is 6.07 Å². The number of hydrogen-bond donors (Lipinski definition) is 1. The zero-order valence-corrected chi connectivity index (χ0v) is 9.30. The van der Waals surface area contributed by atoms with Crippen LogP contribution in [0.3, 0.4) is 0 Å². The Hall–Kier alpha value is -2.35. The maximum Gasteiger partial charge on any atom is 0.326 e. The molecule has 17 heavy (non-hydrogen) atoms. The molecule has 2 rings (SSSR count). The second-order valence-electron chi connectivity index (χ2n) is 3.94. The van der Waals surface area contributed by atoms with Crippen molar-refractivity contribution in [2.45, 2.75) is 12.5 Å². The maximum atomic E-state index is 11.9. The fraction of sp³-hybridized carbons (Fsp3) is 0.250. The Morgan fingerprint density at radius 3 is 2.59 bits per heavy atom. The quantitative estimate of drug-likeness (QED) is 0.606. The first-order chi connectivity index (χ1) is 8.10. The van der Waals surface area contributed by atoms with Crippen LogP contribution < -0.4 is 5.32 Å². The van der Waals surface area contributed by atoms with Crippen LogP contribution in [-0.2, 0) is 10.3 Å². The number of urea groups is 1. The number of benzene rings is 1. The van der Waals surface area contributed by atoms with Crippen molar-refractivity contribution in [2.24, 2.45) is 0 Å². The third-order valence-electron chi connectivity index (χ3n) is 3.01. The van der Waals surface area contributed by atoms with E-state index in [1.807, 2.05) is 12.1 Å². The van der Waals surface area contributed by atoms with Gasteiger partial charge in [0.05, 0.1) is 6.07 Å². The lowest BCUT2D eigenvalue weighted by molar-refractivity contribution is -0.126.